The van der Waals surface area contributed by atoms with Crippen LogP contribution < -0.4 is 0 Å². The molecule has 0 aliphatic heterocycles. The van der Waals surface area contributed by atoms with E-state index >= 15 is 0 Å². The molecule has 0 aliphatic rings. The van der Waals surface area contributed by atoms with E-state index < -0.39 is 0 Å². The quantitative estimate of drug-likeness (QED) is 0.732. The Morgan fingerprint density at radius 1 is 1.23 bits per heavy atom. The largest absolute Gasteiger partial charge is 0.323 e. The number of carbonyl (C=O) groups is 1. The molecule has 1 aromatic heterocycles. The Labute approximate surface area is 138 Å². The van der Waals surface area contributed by atoms with E-state index in [1.807, 2.05) is 35.8 Å². The van der Waals surface area contributed by atoms with Gasteiger partial charge in [0.2, 0.25) is 0 Å². The fraction of sp³-hybridized carbons (Fsp3) is 0.444. The number of nitrogens with zero attached hydrogens (tertiary/aromatic N) is 2. The third kappa shape index (κ3) is 4.70. The standard InChI is InChI=1S/C10H16N2O.C8H9Cl/c1-5-10-11-6-9(8(4)13)12(10)7(2)3;1-2-7-5-3-4-6-8(7)9/h6-7H,5H2,1-4H3;3-6H,2H2,1H3. The van der Waals surface area contributed by atoms with Crippen molar-refractivity contribution in [2.75, 3.05) is 0 Å². The first-order valence-electron chi connectivity index (χ1n) is 7.72. The van der Waals surface area contributed by atoms with Crippen LogP contribution in [-0.4, -0.2) is 15.3 Å². The number of halogens is 1. The number of ketones is 1. The molecular weight excluding hydrogens is 296 g/mol. The van der Waals surface area contributed by atoms with Gasteiger partial charge >= 0.3 is 0 Å². The molecule has 0 saturated carbocycles. The van der Waals surface area contributed by atoms with Crippen LogP contribution in [0.15, 0.2) is 30.5 Å². The highest BCUT2D eigenvalue weighted by Crippen LogP contribution is 2.15. The summed E-state index contributed by atoms with van der Waals surface area (Å²) < 4.78 is 2.00. The van der Waals surface area contributed by atoms with Gasteiger partial charge in [-0.3, -0.25) is 4.79 Å². The molecule has 0 bridgehead atoms. The lowest BCUT2D eigenvalue weighted by atomic mass is 10.2. The predicted molar refractivity (Wildman–Crippen MR) is 92.8 cm³/mol. The minimum absolute atomic E-state index is 0.0842. The molecule has 0 radical (unpaired) electrons. The summed E-state index contributed by atoms with van der Waals surface area (Å²) in [6, 6.07) is 8.21. The van der Waals surface area contributed by atoms with Crippen LogP contribution in [0.4, 0.5) is 0 Å². The summed E-state index contributed by atoms with van der Waals surface area (Å²) in [5.74, 6) is 1.07. The molecule has 22 heavy (non-hydrogen) atoms. The Hall–Kier alpha value is -1.61. The lowest BCUT2D eigenvalue weighted by molar-refractivity contribution is 0.100. The van der Waals surface area contributed by atoms with Crippen LogP contribution in [0, 0.1) is 0 Å². The average molecular weight is 321 g/mol. The van der Waals surface area contributed by atoms with Gasteiger partial charge in [0.1, 0.15) is 11.5 Å². The number of carbonyl (C=O) groups excluding carboxylic acids is 1. The molecule has 0 N–H and O–H groups in total. The maximum Gasteiger partial charge on any atom is 0.177 e. The zero-order chi connectivity index (χ0) is 16.7. The van der Waals surface area contributed by atoms with Gasteiger partial charge in [-0.1, -0.05) is 43.6 Å². The highest BCUT2D eigenvalue weighted by molar-refractivity contribution is 6.31. The van der Waals surface area contributed by atoms with Crippen LogP contribution >= 0.6 is 11.6 Å². The minimum atomic E-state index is 0.0842. The molecule has 0 amide bonds. The van der Waals surface area contributed by atoms with Crippen LogP contribution in [0.25, 0.3) is 0 Å². The first-order valence-corrected chi connectivity index (χ1v) is 8.10. The number of rotatable bonds is 4. The van der Waals surface area contributed by atoms with E-state index in [1.165, 1.54) is 5.56 Å². The third-order valence-corrected chi connectivity index (χ3v) is 3.77. The zero-order valence-corrected chi connectivity index (χ0v) is 14.8. The SMILES string of the molecule is CCc1ccccc1Cl.CCc1ncc(C(C)=O)n1C(C)C. The number of aromatic nitrogens is 2. The second-order valence-corrected chi connectivity index (χ2v) is 5.79. The van der Waals surface area contributed by atoms with Crippen molar-refractivity contribution in [3.8, 4) is 0 Å². The smallest absolute Gasteiger partial charge is 0.177 e. The van der Waals surface area contributed by atoms with Crippen molar-refractivity contribution < 1.29 is 4.79 Å². The zero-order valence-electron chi connectivity index (χ0n) is 14.1. The fourth-order valence-corrected chi connectivity index (χ4v) is 2.55. The highest BCUT2D eigenvalue weighted by Gasteiger charge is 2.13. The van der Waals surface area contributed by atoms with Gasteiger partial charge in [-0.05, 0) is 31.9 Å². The number of benzene rings is 1. The molecule has 3 nitrogen and oxygen atoms in total. The van der Waals surface area contributed by atoms with E-state index in [0.717, 1.165) is 23.7 Å². The number of hydrogen-bond acceptors (Lipinski definition) is 2. The van der Waals surface area contributed by atoms with Crippen molar-refractivity contribution in [3.05, 3.63) is 52.6 Å². The van der Waals surface area contributed by atoms with E-state index in [0.29, 0.717) is 11.7 Å². The fourth-order valence-electron chi connectivity index (χ4n) is 2.28. The molecule has 0 atom stereocenters. The Balaban J connectivity index is 0.000000235. The van der Waals surface area contributed by atoms with E-state index in [-0.39, 0.29) is 5.78 Å². The monoisotopic (exact) mass is 320 g/mol. The predicted octanol–water partition coefficient (Wildman–Crippen LogP) is 5.13. The highest BCUT2D eigenvalue weighted by atomic mass is 35.5. The first-order chi connectivity index (χ1) is 10.4. The molecule has 4 heteroatoms. The maximum absolute atomic E-state index is 11.2. The van der Waals surface area contributed by atoms with Crippen molar-refractivity contribution in [2.45, 2.75) is 53.5 Å². The Morgan fingerprint density at radius 2 is 1.86 bits per heavy atom. The van der Waals surface area contributed by atoms with Crippen LogP contribution in [0.2, 0.25) is 5.02 Å². The summed E-state index contributed by atoms with van der Waals surface area (Å²) >= 11 is 5.82. The van der Waals surface area contributed by atoms with E-state index in [2.05, 4.69) is 25.8 Å². The summed E-state index contributed by atoms with van der Waals surface area (Å²) in [4.78, 5) is 15.5. The topological polar surface area (TPSA) is 34.9 Å². The van der Waals surface area contributed by atoms with Crippen molar-refractivity contribution in [1.82, 2.24) is 9.55 Å². The molecule has 120 valence electrons. The normalized spacial score (nSPS) is 10.3. The molecule has 1 aromatic carbocycles. The summed E-state index contributed by atoms with van der Waals surface area (Å²) in [7, 11) is 0. The number of hydrogen-bond donors (Lipinski definition) is 0. The van der Waals surface area contributed by atoms with Gasteiger partial charge in [0.05, 0.1) is 6.20 Å². The van der Waals surface area contributed by atoms with Crippen molar-refractivity contribution in [1.29, 1.82) is 0 Å². The van der Waals surface area contributed by atoms with Crippen molar-refractivity contribution in [2.24, 2.45) is 0 Å². The summed E-state index contributed by atoms with van der Waals surface area (Å²) in [6.45, 7) is 9.85. The molecule has 0 fully saturated rings. The molecule has 0 saturated heterocycles. The van der Waals surface area contributed by atoms with Crippen molar-refractivity contribution >= 4 is 17.4 Å². The Morgan fingerprint density at radius 3 is 2.27 bits per heavy atom. The van der Waals surface area contributed by atoms with E-state index in [9.17, 15) is 4.79 Å². The lowest BCUT2D eigenvalue weighted by Crippen LogP contribution is -2.11. The van der Waals surface area contributed by atoms with Crippen LogP contribution in [0.3, 0.4) is 0 Å². The summed E-state index contributed by atoms with van der Waals surface area (Å²) in [5, 5.41) is 0.875. The van der Waals surface area contributed by atoms with Crippen molar-refractivity contribution in [3.63, 3.8) is 0 Å². The van der Waals surface area contributed by atoms with Crippen LogP contribution in [-0.2, 0) is 12.8 Å². The van der Waals surface area contributed by atoms with Gasteiger partial charge < -0.3 is 4.57 Å². The molecular formula is C18H25ClN2O. The lowest BCUT2D eigenvalue weighted by Gasteiger charge is -2.13. The number of aryl methyl sites for hydroxylation is 2. The molecule has 0 unspecified atom stereocenters. The van der Waals surface area contributed by atoms with Gasteiger partial charge in [0.25, 0.3) is 0 Å². The maximum atomic E-state index is 11.2. The molecule has 0 spiro atoms. The van der Waals surface area contributed by atoms with Gasteiger partial charge in [0, 0.05) is 24.4 Å². The number of imidazole rings is 1. The van der Waals surface area contributed by atoms with Crippen LogP contribution in [0.1, 0.15) is 62.5 Å². The second-order valence-electron chi connectivity index (χ2n) is 5.38. The molecule has 0 aliphatic carbocycles. The minimum Gasteiger partial charge on any atom is -0.323 e. The first kappa shape index (κ1) is 18.4. The molecule has 2 rings (SSSR count). The summed E-state index contributed by atoms with van der Waals surface area (Å²) in [6.07, 6.45) is 3.55. The second kappa shape index (κ2) is 8.74. The van der Waals surface area contributed by atoms with Gasteiger partial charge in [0.15, 0.2) is 5.78 Å². The van der Waals surface area contributed by atoms with E-state index in [4.69, 9.17) is 11.6 Å². The Bertz CT molecular complexity index is 617. The number of Topliss-reactive ketones (excluding diaryl/α,β-unsaturated/α-hetero) is 1. The van der Waals surface area contributed by atoms with Gasteiger partial charge in [-0.25, -0.2) is 4.98 Å². The third-order valence-electron chi connectivity index (χ3n) is 3.41. The van der Waals surface area contributed by atoms with E-state index in [1.54, 1.807) is 13.1 Å². The van der Waals surface area contributed by atoms with Gasteiger partial charge in [-0.2, -0.15) is 0 Å². The molecule has 1 heterocycles. The van der Waals surface area contributed by atoms with Gasteiger partial charge in [-0.15, -0.1) is 0 Å². The van der Waals surface area contributed by atoms with Crippen LogP contribution in [0.5, 0.6) is 0 Å². The average Bonchev–Trinajstić information content (AvgIpc) is 2.93. The Kier molecular flexibility index (Phi) is 7.33. The molecule has 2 aromatic rings. The summed E-state index contributed by atoms with van der Waals surface area (Å²) in [5.41, 5.74) is 1.94.